The number of aromatic nitrogens is 2. The van der Waals surface area contributed by atoms with Gasteiger partial charge in [0.1, 0.15) is 5.82 Å². The van der Waals surface area contributed by atoms with Gasteiger partial charge in [0.25, 0.3) is 0 Å². The fourth-order valence-corrected chi connectivity index (χ4v) is 3.27. The molecule has 2 aromatic rings. The van der Waals surface area contributed by atoms with Crippen LogP contribution in [0.15, 0.2) is 36.5 Å². The Hall–Kier alpha value is -2.21. The lowest BCUT2D eigenvalue weighted by Gasteiger charge is -2.26. The Morgan fingerprint density at radius 3 is 2.83 bits per heavy atom. The molecule has 1 atom stereocenters. The number of halogens is 1. The molecule has 1 aliphatic heterocycles. The first kappa shape index (κ1) is 16.6. The Balaban J connectivity index is 1.78. The smallest absolute Gasteiger partial charge is 0.227 e. The maximum absolute atomic E-state index is 13.8. The van der Waals surface area contributed by atoms with Crippen molar-refractivity contribution in [2.24, 2.45) is 5.92 Å². The molecular formula is C18H23FN4O. The lowest BCUT2D eigenvalue weighted by molar-refractivity contribution is -0.131. The minimum Gasteiger partial charge on any atom is -0.336 e. The molecule has 24 heavy (non-hydrogen) atoms. The van der Waals surface area contributed by atoms with Gasteiger partial charge in [0, 0.05) is 31.7 Å². The van der Waals surface area contributed by atoms with Crippen LogP contribution in [0.2, 0.25) is 0 Å². The van der Waals surface area contributed by atoms with Gasteiger partial charge in [-0.15, -0.1) is 0 Å². The van der Waals surface area contributed by atoms with Gasteiger partial charge in [-0.05, 0) is 31.8 Å². The molecular weight excluding hydrogens is 307 g/mol. The molecule has 3 rings (SSSR count). The number of fused-ring (bicyclic) bond motifs is 1. The van der Waals surface area contributed by atoms with Crippen LogP contribution in [0.1, 0.15) is 11.3 Å². The van der Waals surface area contributed by atoms with Crippen LogP contribution in [-0.2, 0) is 24.3 Å². The molecule has 0 saturated heterocycles. The first-order chi connectivity index (χ1) is 11.5. The van der Waals surface area contributed by atoms with E-state index in [1.54, 1.807) is 24.4 Å². The molecule has 0 spiro atoms. The second kappa shape index (κ2) is 7.13. The van der Waals surface area contributed by atoms with Crippen molar-refractivity contribution in [2.75, 3.05) is 27.2 Å². The summed E-state index contributed by atoms with van der Waals surface area (Å²) in [6.07, 6.45) is 1.86. The molecule has 5 nitrogen and oxygen atoms in total. The Morgan fingerprint density at radius 1 is 1.29 bits per heavy atom. The van der Waals surface area contributed by atoms with E-state index in [-0.39, 0.29) is 18.1 Å². The van der Waals surface area contributed by atoms with Crippen molar-refractivity contribution in [3.8, 4) is 0 Å². The van der Waals surface area contributed by atoms with Crippen LogP contribution in [0.3, 0.4) is 0 Å². The summed E-state index contributed by atoms with van der Waals surface area (Å²) in [5.74, 6) is -0.0696. The molecule has 1 aromatic carbocycles. The van der Waals surface area contributed by atoms with Crippen LogP contribution in [-0.4, -0.2) is 52.7 Å². The molecule has 0 unspecified atom stereocenters. The maximum Gasteiger partial charge on any atom is 0.227 e. The van der Waals surface area contributed by atoms with Crippen molar-refractivity contribution in [3.63, 3.8) is 0 Å². The third-order valence-corrected chi connectivity index (χ3v) is 4.34. The Labute approximate surface area is 141 Å². The number of benzene rings is 1. The minimum absolute atomic E-state index is 0.0430. The summed E-state index contributed by atoms with van der Waals surface area (Å²) in [6, 6.07) is 8.42. The fourth-order valence-electron chi connectivity index (χ4n) is 3.27. The van der Waals surface area contributed by atoms with Gasteiger partial charge in [-0.1, -0.05) is 18.2 Å². The first-order valence-corrected chi connectivity index (χ1v) is 8.19. The van der Waals surface area contributed by atoms with E-state index in [0.29, 0.717) is 24.6 Å². The average Bonchev–Trinajstić information content (AvgIpc) is 2.88. The molecule has 0 bridgehead atoms. The van der Waals surface area contributed by atoms with Crippen molar-refractivity contribution in [3.05, 3.63) is 53.6 Å². The van der Waals surface area contributed by atoms with E-state index in [1.807, 2.05) is 29.7 Å². The first-order valence-electron chi connectivity index (χ1n) is 8.19. The second-order valence-corrected chi connectivity index (χ2v) is 6.68. The van der Waals surface area contributed by atoms with E-state index in [2.05, 4.69) is 10.00 Å². The topological polar surface area (TPSA) is 41.4 Å². The van der Waals surface area contributed by atoms with Crippen molar-refractivity contribution in [2.45, 2.75) is 19.5 Å². The Bertz CT molecular complexity index is 713. The van der Waals surface area contributed by atoms with Gasteiger partial charge in [-0.25, -0.2) is 4.39 Å². The Kier molecular flexibility index (Phi) is 4.94. The van der Waals surface area contributed by atoms with Crippen molar-refractivity contribution < 1.29 is 9.18 Å². The molecule has 0 radical (unpaired) electrons. The Morgan fingerprint density at radius 2 is 2.08 bits per heavy atom. The highest BCUT2D eigenvalue weighted by Gasteiger charge is 2.26. The summed E-state index contributed by atoms with van der Waals surface area (Å²) >= 11 is 0. The molecule has 1 aliphatic rings. The molecule has 0 fully saturated rings. The zero-order valence-electron chi connectivity index (χ0n) is 14.2. The number of nitrogens with zero attached hydrogens (tertiary/aromatic N) is 4. The highest BCUT2D eigenvalue weighted by Crippen LogP contribution is 2.18. The van der Waals surface area contributed by atoms with Crippen LogP contribution < -0.4 is 0 Å². The van der Waals surface area contributed by atoms with Crippen molar-refractivity contribution in [1.29, 1.82) is 0 Å². The van der Waals surface area contributed by atoms with Crippen LogP contribution in [0.25, 0.3) is 0 Å². The molecule has 2 heterocycles. The summed E-state index contributed by atoms with van der Waals surface area (Å²) in [7, 11) is 4.06. The van der Waals surface area contributed by atoms with Gasteiger partial charge in [0.05, 0.1) is 18.7 Å². The number of hydrogen-bond donors (Lipinski definition) is 0. The van der Waals surface area contributed by atoms with Crippen molar-refractivity contribution >= 4 is 5.91 Å². The SMILES string of the molecule is CN(C)C[C@H]1CN(C(=O)Cc2ccccc2F)Cc2ccnn2C1. The number of hydrogen-bond acceptors (Lipinski definition) is 3. The molecule has 1 aromatic heterocycles. The number of carbonyl (C=O) groups is 1. The van der Waals surface area contributed by atoms with Crippen LogP contribution in [0.4, 0.5) is 4.39 Å². The highest BCUT2D eigenvalue weighted by molar-refractivity contribution is 5.78. The third kappa shape index (κ3) is 3.82. The van der Waals surface area contributed by atoms with E-state index in [0.717, 1.165) is 18.8 Å². The predicted octanol–water partition coefficient (Wildman–Crippen LogP) is 1.78. The quantitative estimate of drug-likeness (QED) is 0.858. The van der Waals surface area contributed by atoms with Gasteiger partial charge < -0.3 is 9.80 Å². The molecule has 0 saturated carbocycles. The third-order valence-electron chi connectivity index (χ3n) is 4.34. The fraction of sp³-hybridized carbons (Fsp3) is 0.444. The largest absolute Gasteiger partial charge is 0.336 e. The summed E-state index contributed by atoms with van der Waals surface area (Å²) in [4.78, 5) is 16.7. The van der Waals surface area contributed by atoms with E-state index < -0.39 is 0 Å². The highest BCUT2D eigenvalue weighted by atomic mass is 19.1. The average molecular weight is 330 g/mol. The van der Waals surface area contributed by atoms with Crippen molar-refractivity contribution in [1.82, 2.24) is 19.6 Å². The summed E-state index contributed by atoms with van der Waals surface area (Å²) in [6.45, 7) is 2.86. The molecule has 0 N–H and O–H groups in total. The van der Waals surface area contributed by atoms with Gasteiger partial charge in [0.2, 0.25) is 5.91 Å². The zero-order valence-corrected chi connectivity index (χ0v) is 14.2. The second-order valence-electron chi connectivity index (χ2n) is 6.68. The van der Waals surface area contributed by atoms with Crippen LogP contribution >= 0.6 is 0 Å². The van der Waals surface area contributed by atoms with Gasteiger partial charge in [-0.2, -0.15) is 5.10 Å². The predicted molar refractivity (Wildman–Crippen MR) is 89.8 cm³/mol. The van der Waals surface area contributed by atoms with E-state index >= 15 is 0 Å². The van der Waals surface area contributed by atoms with E-state index in [9.17, 15) is 9.18 Å². The van der Waals surface area contributed by atoms with Crippen LogP contribution in [0, 0.1) is 11.7 Å². The minimum atomic E-state index is -0.324. The van der Waals surface area contributed by atoms with Gasteiger partial charge >= 0.3 is 0 Å². The van der Waals surface area contributed by atoms with Gasteiger partial charge in [0.15, 0.2) is 0 Å². The van der Waals surface area contributed by atoms with Gasteiger partial charge in [-0.3, -0.25) is 9.48 Å². The van der Waals surface area contributed by atoms with E-state index in [1.165, 1.54) is 6.07 Å². The number of carbonyl (C=O) groups excluding carboxylic acids is 1. The lowest BCUT2D eigenvalue weighted by atomic mass is 10.1. The monoisotopic (exact) mass is 330 g/mol. The molecule has 128 valence electrons. The summed E-state index contributed by atoms with van der Waals surface area (Å²) in [5, 5.41) is 4.37. The molecule has 6 heteroatoms. The standard InChI is InChI=1S/C18H23FN4O/c1-21(2)10-14-11-22(13-16-7-8-20-23(16)12-14)18(24)9-15-5-3-4-6-17(15)19/h3-8,14H,9-13H2,1-2H3/t14-/m0/s1. The summed E-state index contributed by atoms with van der Waals surface area (Å²) < 4.78 is 15.8. The molecule has 0 aliphatic carbocycles. The van der Waals surface area contributed by atoms with E-state index in [4.69, 9.17) is 0 Å². The van der Waals surface area contributed by atoms with Crippen LogP contribution in [0.5, 0.6) is 0 Å². The summed E-state index contributed by atoms with van der Waals surface area (Å²) in [5.41, 5.74) is 1.47. The number of amides is 1. The maximum atomic E-state index is 13.8. The molecule has 1 amide bonds. The zero-order chi connectivity index (χ0) is 17.1. The number of rotatable bonds is 4. The normalized spacial score (nSPS) is 17.7. The lowest BCUT2D eigenvalue weighted by Crippen LogP contribution is -2.38.